The van der Waals surface area contributed by atoms with Crippen LogP contribution in [0.4, 0.5) is 13.2 Å². The standard InChI is InChI=1S/C18H17N5OS.CHF3/c1-23-9-13-3-11(7-20-17(13)22-23)16-19-8-12-6-15(25-18(12)21-16)10-4-14(5-10)24-2;2-1(3)4/h3,6-10,14H,4-5H2,1-2H3;1H. The van der Waals surface area contributed by atoms with Gasteiger partial charge in [0.2, 0.25) is 0 Å². The number of hydrogen-bond donors (Lipinski definition) is 0. The van der Waals surface area contributed by atoms with Gasteiger partial charge in [0.15, 0.2) is 11.5 Å². The highest BCUT2D eigenvalue weighted by Crippen LogP contribution is 2.42. The molecule has 0 aromatic carbocycles. The van der Waals surface area contributed by atoms with E-state index in [-0.39, 0.29) is 0 Å². The molecule has 0 spiro atoms. The third-order valence-electron chi connectivity index (χ3n) is 4.85. The number of halogens is 3. The molecule has 0 unspecified atom stereocenters. The monoisotopic (exact) mass is 421 g/mol. The van der Waals surface area contributed by atoms with Crippen LogP contribution in [0.1, 0.15) is 23.6 Å². The van der Waals surface area contributed by atoms with Crippen LogP contribution < -0.4 is 0 Å². The molecule has 0 atom stereocenters. The van der Waals surface area contributed by atoms with E-state index < -0.39 is 6.68 Å². The van der Waals surface area contributed by atoms with Gasteiger partial charge in [-0.25, -0.2) is 15.0 Å². The summed E-state index contributed by atoms with van der Waals surface area (Å²) in [6.07, 6.45) is 8.28. The van der Waals surface area contributed by atoms with Crippen LogP contribution in [0.2, 0.25) is 0 Å². The molecule has 0 bridgehead atoms. The van der Waals surface area contributed by atoms with Crippen LogP contribution in [0.5, 0.6) is 0 Å². The first kappa shape index (κ1) is 19.7. The fourth-order valence-electron chi connectivity index (χ4n) is 3.34. The minimum Gasteiger partial charge on any atom is -0.381 e. The first-order chi connectivity index (χ1) is 13.9. The Morgan fingerprint density at radius 1 is 1.14 bits per heavy atom. The second-order valence-corrected chi connectivity index (χ2v) is 7.88. The van der Waals surface area contributed by atoms with Crippen LogP contribution in [-0.2, 0) is 11.8 Å². The highest BCUT2D eigenvalue weighted by Gasteiger charge is 2.31. The van der Waals surface area contributed by atoms with Crippen molar-refractivity contribution in [3.05, 3.63) is 35.6 Å². The highest BCUT2D eigenvalue weighted by molar-refractivity contribution is 7.18. The zero-order chi connectivity index (χ0) is 20.5. The van der Waals surface area contributed by atoms with E-state index in [1.165, 1.54) is 4.88 Å². The summed E-state index contributed by atoms with van der Waals surface area (Å²) < 4.78 is 36.2. The minimum absolute atomic E-state index is 0.411. The Kier molecular flexibility index (Phi) is 5.46. The molecule has 0 aliphatic heterocycles. The number of methoxy groups -OCH3 is 1. The molecule has 10 heteroatoms. The second-order valence-electron chi connectivity index (χ2n) is 6.82. The van der Waals surface area contributed by atoms with Gasteiger partial charge in [0.25, 0.3) is 0 Å². The molecular formula is C19H18F3N5OS. The molecule has 1 aliphatic rings. The fourth-order valence-corrected chi connectivity index (χ4v) is 4.47. The molecule has 4 aromatic heterocycles. The smallest absolute Gasteiger partial charge is 0.379 e. The Bertz CT molecular complexity index is 1140. The number of thiophene rings is 1. The summed E-state index contributed by atoms with van der Waals surface area (Å²) >= 11 is 1.77. The average Bonchev–Trinajstić information content (AvgIpc) is 3.21. The first-order valence-corrected chi connectivity index (χ1v) is 9.76. The van der Waals surface area contributed by atoms with Gasteiger partial charge in [0.1, 0.15) is 4.83 Å². The molecule has 5 rings (SSSR count). The van der Waals surface area contributed by atoms with Gasteiger partial charge in [-0.05, 0) is 30.9 Å². The Hall–Kier alpha value is -2.59. The van der Waals surface area contributed by atoms with Crippen molar-refractivity contribution in [1.82, 2.24) is 24.7 Å². The molecule has 29 heavy (non-hydrogen) atoms. The lowest BCUT2D eigenvalue weighted by atomic mass is 9.81. The van der Waals surface area contributed by atoms with E-state index in [0.717, 1.165) is 39.7 Å². The summed E-state index contributed by atoms with van der Waals surface area (Å²) in [5.74, 6) is 1.31. The normalized spacial score (nSPS) is 18.7. The number of hydrogen-bond acceptors (Lipinski definition) is 6. The summed E-state index contributed by atoms with van der Waals surface area (Å²) in [5, 5.41) is 6.41. The quantitative estimate of drug-likeness (QED) is 0.479. The van der Waals surface area contributed by atoms with Crippen molar-refractivity contribution >= 4 is 32.6 Å². The number of alkyl halides is 3. The van der Waals surface area contributed by atoms with Gasteiger partial charge in [0.05, 0.1) is 6.10 Å². The molecule has 0 amide bonds. The summed E-state index contributed by atoms with van der Waals surface area (Å²) in [6, 6.07) is 4.27. The number of rotatable bonds is 3. The summed E-state index contributed by atoms with van der Waals surface area (Å²) in [7, 11) is 3.68. The van der Waals surface area contributed by atoms with Crippen LogP contribution in [0.25, 0.3) is 32.6 Å². The van der Waals surface area contributed by atoms with Crippen molar-refractivity contribution in [2.24, 2.45) is 7.05 Å². The molecule has 0 saturated heterocycles. The van der Waals surface area contributed by atoms with Crippen LogP contribution in [-0.4, -0.2) is 44.6 Å². The maximum absolute atomic E-state index is 9.67. The predicted octanol–water partition coefficient (Wildman–Crippen LogP) is 4.71. The highest BCUT2D eigenvalue weighted by atomic mass is 32.1. The summed E-state index contributed by atoms with van der Waals surface area (Å²) in [5.41, 5.74) is 1.66. The van der Waals surface area contributed by atoms with E-state index in [4.69, 9.17) is 9.72 Å². The first-order valence-electron chi connectivity index (χ1n) is 8.94. The van der Waals surface area contributed by atoms with Gasteiger partial charge in [-0.15, -0.1) is 11.3 Å². The maximum atomic E-state index is 9.67. The number of aromatic nitrogens is 5. The van der Waals surface area contributed by atoms with Crippen LogP contribution in [0, 0.1) is 0 Å². The van der Waals surface area contributed by atoms with Crippen molar-refractivity contribution in [2.75, 3.05) is 7.11 Å². The number of pyridine rings is 1. The van der Waals surface area contributed by atoms with Gasteiger partial charge in [0, 0.05) is 54.0 Å². The van der Waals surface area contributed by atoms with Gasteiger partial charge >= 0.3 is 6.68 Å². The van der Waals surface area contributed by atoms with Crippen LogP contribution in [0.15, 0.2) is 30.7 Å². The topological polar surface area (TPSA) is 65.7 Å². The van der Waals surface area contributed by atoms with E-state index >= 15 is 0 Å². The van der Waals surface area contributed by atoms with Crippen molar-refractivity contribution in [3.63, 3.8) is 0 Å². The molecule has 1 fully saturated rings. The average molecular weight is 421 g/mol. The van der Waals surface area contributed by atoms with E-state index in [2.05, 4.69) is 21.1 Å². The molecule has 4 aromatic rings. The molecule has 0 radical (unpaired) electrons. The second kappa shape index (κ2) is 8.03. The zero-order valence-corrected chi connectivity index (χ0v) is 16.5. The number of fused-ring (bicyclic) bond motifs is 2. The molecule has 1 saturated carbocycles. The summed E-state index contributed by atoms with van der Waals surface area (Å²) in [4.78, 5) is 16.1. The SMILES string of the molecule is COC1CC(c2cc3cnc(-c4cnc5nn(C)cc5c4)nc3s2)C1.FC(F)F. The van der Waals surface area contributed by atoms with E-state index in [1.807, 2.05) is 25.5 Å². The van der Waals surface area contributed by atoms with Crippen molar-refractivity contribution in [2.45, 2.75) is 31.5 Å². The van der Waals surface area contributed by atoms with Crippen LogP contribution >= 0.6 is 11.3 Å². The Balaban J connectivity index is 0.000000472. The van der Waals surface area contributed by atoms with Gasteiger partial charge in [-0.3, -0.25) is 4.68 Å². The van der Waals surface area contributed by atoms with Crippen LogP contribution in [0.3, 0.4) is 0 Å². The summed E-state index contributed by atoms with van der Waals surface area (Å²) in [6.45, 7) is -3.67. The number of nitrogens with zero attached hydrogens (tertiary/aromatic N) is 5. The largest absolute Gasteiger partial charge is 0.381 e. The van der Waals surface area contributed by atoms with E-state index in [1.54, 1.807) is 29.3 Å². The van der Waals surface area contributed by atoms with E-state index in [0.29, 0.717) is 17.8 Å². The Labute approximate surface area is 168 Å². The Morgan fingerprint density at radius 3 is 2.62 bits per heavy atom. The van der Waals surface area contributed by atoms with Crippen molar-refractivity contribution in [3.8, 4) is 11.4 Å². The lowest BCUT2D eigenvalue weighted by molar-refractivity contribution is 0.00819. The molecule has 1 aliphatic carbocycles. The third kappa shape index (κ3) is 4.23. The van der Waals surface area contributed by atoms with Crippen molar-refractivity contribution in [1.29, 1.82) is 0 Å². The molecule has 0 N–H and O–H groups in total. The third-order valence-corrected chi connectivity index (χ3v) is 6.06. The van der Waals surface area contributed by atoms with Gasteiger partial charge < -0.3 is 4.74 Å². The number of ether oxygens (including phenoxy) is 1. The maximum Gasteiger partial charge on any atom is 0.379 e. The molecular weight excluding hydrogens is 403 g/mol. The van der Waals surface area contributed by atoms with Gasteiger partial charge in [-0.2, -0.15) is 18.3 Å². The lowest BCUT2D eigenvalue weighted by Crippen LogP contribution is -2.27. The minimum atomic E-state index is -3.67. The van der Waals surface area contributed by atoms with Crippen molar-refractivity contribution < 1.29 is 17.9 Å². The number of aryl methyl sites for hydroxylation is 1. The zero-order valence-electron chi connectivity index (χ0n) is 15.7. The fraction of sp³-hybridized carbons (Fsp3) is 0.368. The molecule has 4 heterocycles. The molecule has 152 valence electrons. The van der Waals surface area contributed by atoms with E-state index in [9.17, 15) is 13.2 Å². The van der Waals surface area contributed by atoms with Gasteiger partial charge in [-0.1, -0.05) is 0 Å². The predicted molar refractivity (Wildman–Crippen MR) is 105 cm³/mol. The lowest BCUT2D eigenvalue weighted by Gasteiger charge is -2.33. The Morgan fingerprint density at radius 2 is 1.90 bits per heavy atom. The molecule has 6 nitrogen and oxygen atoms in total.